The molecule has 0 aliphatic rings. The predicted molar refractivity (Wildman–Crippen MR) is 127 cm³/mol. The number of ether oxygens (including phenoxy) is 1. The first-order valence-corrected chi connectivity index (χ1v) is 10.4. The minimum atomic E-state index is -0.623. The van der Waals surface area contributed by atoms with Crippen LogP contribution in [0.2, 0.25) is 5.02 Å². The van der Waals surface area contributed by atoms with Gasteiger partial charge in [0.15, 0.2) is 5.82 Å². The number of halogens is 3. The van der Waals surface area contributed by atoms with E-state index in [1.165, 1.54) is 12.1 Å². The van der Waals surface area contributed by atoms with E-state index in [2.05, 4.69) is 24.3 Å². The maximum absolute atomic E-state index is 14.2. The van der Waals surface area contributed by atoms with Crippen molar-refractivity contribution in [2.45, 2.75) is 33.9 Å². The first-order valence-electron chi connectivity index (χ1n) is 10.0. The molecule has 0 saturated carbocycles. The average Bonchev–Trinajstić information content (AvgIpc) is 3.05. The molecule has 32 heavy (non-hydrogen) atoms. The summed E-state index contributed by atoms with van der Waals surface area (Å²) >= 11 is 6.18. The van der Waals surface area contributed by atoms with Crippen LogP contribution in [0.4, 0.5) is 10.2 Å². The van der Waals surface area contributed by atoms with Crippen LogP contribution in [0.5, 0.6) is 5.75 Å². The molecule has 3 rings (SSSR count). The maximum atomic E-state index is 14.2. The van der Waals surface area contributed by atoms with Crippen molar-refractivity contribution < 1.29 is 13.9 Å². The number of benzene rings is 2. The molecule has 6 nitrogen and oxygen atoms in total. The van der Waals surface area contributed by atoms with E-state index < -0.39 is 11.7 Å². The topological polar surface area (TPSA) is 82.2 Å². The zero-order valence-corrected chi connectivity index (χ0v) is 19.8. The van der Waals surface area contributed by atoms with E-state index in [1.807, 2.05) is 19.1 Å². The molecule has 0 spiro atoms. The molecular formula is C23H27Cl2FN4O2. The second-order valence-electron chi connectivity index (χ2n) is 7.76. The molecule has 9 heteroatoms. The fraction of sp³-hybridized carbons (Fsp3) is 0.304. The number of amides is 1. The molecule has 2 aromatic carbocycles. The number of nitrogens with two attached hydrogens (primary N) is 1. The molecule has 0 atom stereocenters. The molecule has 3 aromatic rings. The van der Waals surface area contributed by atoms with E-state index in [-0.39, 0.29) is 24.5 Å². The fourth-order valence-electron chi connectivity index (χ4n) is 3.01. The quantitative estimate of drug-likeness (QED) is 0.464. The summed E-state index contributed by atoms with van der Waals surface area (Å²) in [4.78, 5) is 12.5. The minimum absolute atomic E-state index is 0. The van der Waals surface area contributed by atoms with Crippen molar-refractivity contribution in [3.63, 3.8) is 0 Å². The van der Waals surface area contributed by atoms with Crippen LogP contribution in [0.1, 0.15) is 41.0 Å². The molecule has 1 heterocycles. The molecule has 0 bridgehead atoms. The Morgan fingerprint density at radius 3 is 2.66 bits per heavy atom. The van der Waals surface area contributed by atoms with Gasteiger partial charge < -0.3 is 15.8 Å². The van der Waals surface area contributed by atoms with Gasteiger partial charge in [-0.3, -0.25) is 9.48 Å². The predicted octanol–water partition coefficient (Wildman–Crippen LogP) is 5.20. The highest BCUT2D eigenvalue weighted by Crippen LogP contribution is 2.25. The minimum Gasteiger partial charge on any atom is -0.493 e. The second kappa shape index (κ2) is 11.3. The summed E-state index contributed by atoms with van der Waals surface area (Å²) in [6, 6.07) is 11.5. The summed E-state index contributed by atoms with van der Waals surface area (Å²) in [5.41, 5.74) is 7.76. The van der Waals surface area contributed by atoms with Crippen molar-refractivity contribution in [1.82, 2.24) is 9.78 Å². The standard InChI is InChI=1S/C23H26ClFN4O2.ClH/c1-14(2)13-31-21-7-5-18(24)10-17(21)12-29-15(3)8-22(28-29)27-23(30)19-6-4-16(11-26)9-20(19)25;/h4-10,14H,11-13,26H2,1-3H3,(H,27,28,30);1H. The molecule has 0 aliphatic heterocycles. The summed E-state index contributed by atoms with van der Waals surface area (Å²) in [6.45, 7) is 7.23. The number of anilines is 1. The maximum Gasteiger partial charge on any atom is 0.259 e. The molecule has 1 amide bonds. The van der Waals surface area contributed by atoms with Gasteiger partial charge in [-0.1, -0.05) is 31.5 Å². The Bertz CT molecular complexity index is 1090. The summed E-state index contributed by atoms with van der Waals surface area (Å²) in [5, 5.41) is 7.69. The lowest BCUT2D eigenvalue weighted by Crippen LogP contribution is -2.15. The van der Waals surface area contributed by atoms with Crippen LogP contribution in [0.3, 0.4) is 0 Å². The lowest BCUT2D eigenvalue weighted by Gasteiger charge is -2.14. The van der Waals surface area contributed by atoms with Crippen LogP contribution in [0.15, 0.2) is 42.5 Å². The lowest BCUT2D eigenvalue weighted by atomic mass is 10.1. The Kier molecular flexibility index (Phi) is 9.07. The Morgan fingerprint density at radius 2 is 2.00 bits per heavy atom. The zero-order chi connectivity index (χ0) is 22.5. The van der Waals surface area contributed by atoms with Gasteiger partial charge in [0.1, 0.15) is 11.6 Å². The second-order valence-corrected chi connectivity index (χ2v) is 8.19. The van der Waals surface area contributed by atoms with Crippen LogP contribution in [0.25, 0.3) is 0 Å². The van der Waals surface area contributed by atoms with Crippen LogP contribution < -0.4 is 15.8 Å². The van der Waals surface area contributed by atoms with Crippen molar-refractivity contribution >= 4 is 35.7 Å². The normalized spacial score (nSPS) is 10.7. The molecule has 0 fully saturated rings. The van der Waals surface area contributed by atoms with Crippen LogP contribution in [-0.4, -0.2) is 22.3 Å². The number of aromatic nitrogens is 2. The van der Waals surface area contributed by atoms with E-state index in [1.54, 1.807) is 22.9 Å². The lowest BCUT2D eigenvalue weighted by molar-refractivity contribution is 0.102. The van der Waals surface area contributed by atoms with Crippen molar-refractivity contribution in [1.29, 1.82) is 0 Å². The molecule has 3 N–H and O–H groups in total. The first-order chi connectivity index (χ1) is 14.8. The van der Waals surface area contributed by atoms with Crippen LogP contribution >= 0.6 is 24.0 Å². The number of nitrogens with zero attached hydrogens (tertiary/aromatic N) is 2. The highest BCUT2D eigenvalue weighted by molar-refractivity contribution is 6.30. The van der Waals surface area contributed by atoms with E-state index in [4.69, 9.17) is 22.1 Å². The smallest absolute Gasteiger partial charge is 0.259 e. The van der Waals surface area contributed by atoms with E-state index in [0.29, 0.717) is 35.5 Å². The van der Waals surface area contributed by atoms with E-state index >= 15 is 0 Å². The monoisotopic (exact) mass is 480 g/mol. The molecule has 0 saturated heterocycles. The van der Waals surface area contributed by atoms with Gasteiger partial charge in [-0.15, -0.1) is 12.4 Å². The van der Waals surface area contributed by atoms with Crippen molar-refractivity contribution in [2.75, 3.05) is 11.9 Å². The highest BCUT2D eigenvalue weighted by Gasteiger charge is 2.15. The van der Waals surface area contributed by atoms with Gasteiger partial charge in [-0.2, -0.15) is 5.10 Å². The zero-order valence-electron chi connectivity index (χ0n) is 18.2. The van der Waals surface area contributed by atoms with E-state index in [0.717, 1.165) is 17.0 Å². The van der Waals surface area contributed by atoms with Crippen molar-refractivity contribution in [2.24, 2.45) is 11.7 Å². The van der Waals surface area contributed by atoms with Gasteiger partial charge in [0.25, 0.3) is 5.91 Å². The number of nitrogens with one attached hydrogen (secondary N) is 1. The van der Waals surface area contributed by atoms with Gasteiger partial charge in [-0.05, 0) is 48.7 Å². The van der Waals surface area contributed by atoms with E-state index in [9.17, 15) is 9.18 Å². The third-order valence-corrected chi connectivity index (χ3v) is 4.89. The Hall–Kier alpha value is -2.61. The fourth-order valence-corrected chi connectivity index (χ4v) is 3.21. The van der Waals surface area contributed by atoms with Gasteiger partial charge in [0.05, 0.1) is 18.7 Å². The van der Waals surface area contributed by atoms with Crippen molar-refractivity contribution in [3.8, 4) is 5.75 Å². The van der Waals surface area contributed by atoms with Gasteiger partial charge in [0.2, 0.25) is 0 Å². The molecule has 0 unspecified atom stereocenters. The summed E-state index contributed by atoms with van der Waals surface area (Å²) in [5.74, 6) is 0.255. The van der Waals surface area contributed by atoms with Gasteiger partial charge in [-0.25, -0.2) is 4.39 Å². The Balaban J connectivity index is 0.00000363. The Labute approximate surface area is 198 Å². The summed E-state index contributed by atoms with van der Waals surface area (Å²) < 4.78 is 21.8. The Morgan fingerprint density at radius 1 is 1.25 bits per heavy atom. The number of carbonyl (C=O) groups excluding carboxylic acids is 1. The molecule has 0 aliphatic carbocycles. The average molecular weight is 481 g/mol. The molecule has 1 aromatic heterocycles. The van der Waals surface area contributed by atoms with Gasteiger partial charge in [0, 0.05) is 28.9 Å². The summed E-state index contributed by atoms with van der Waals surface area (Å²) in [7, 11) is 0. The van der Waals surface area contributed by atoms with Crippen LogP contribution in [-0.2, 0) is 13.1 Å². The number of aryl methyl sites for hydroxylation is 1. The molecule has 172 valence electrons. The first kappa shape index (κ1) is 25.6. The molecular weight excluding hydrogens is 454 g/mol. The third-order valence-electron chi connectivity index (χ3n) is 4.65. The number of hydrogen-bond acceptors (Lipinski definition) is 4. The SMILES string of the molecule is Cc1cc(NC(=O)c2ccc(CN)cc2F)nn1Cc1cc(Cl)ccc1OCC(C)C.Cl. The highest BCUT2D eigenvalue weighted by atomic mass is 35.5. The van der Waals surface area contributed by atoms with Crippen molar-refractivity contribution in [3.05, 3.63) is 75.7 Å². The van der Waals surface area contributed by atoms with Crippen LogP contribution in [0, 0.1) is 18.7 Å². The number of rotatable bonds is 8. The molecule has 0 radical (unpaired) electrons. The number of carbonyl (C=O) groups is 1. The van der Waals surface area contributed by atoms with Gasteiger partial charge >= 0.3 is 0 Å². The summed E-state index contributed by atoms with van der Waals surface area (Å²) in [6.07, 6.45) is 0. The third kappa shape index (κ3) is 6.45. The number of hydrogen-bond donors (Lipinski definition) is 2. The largest absolute Gasteiger partial charge is 0.493 e.